The third-order valence-electron chi connectivity index (χ3n) is 1.39. The second kappa shape index (κ2) is 6.70. The standard InChI is InChI=1S/C11H12N2O/c1-2-9-14-10-8-12-13-11-6-4-3-5-7-11/h2-7H,1,9-10H2. The van der Waals surface area contributed by atoms with Crippen LogP contribution in [0.15, 0.2) is 43.0 Å². The fourth-order valence-electron chi connectivity index (χ4n) is 0.805. The van der Waals surface area contributed by atoms with E-state index in [1.807, 2.05) is 30.3 Å². The van der Waals surface area contributed by atoms with Crippen LogP contribution in [0.3, 0.4) is 0 Å². The molecule has 0 fully saturated rings. The monoisotopic (exact) mass is 188 g/mol. The maximum absolute atomic E-state index is 5.04. The Hall–Kier alpha value is -1.79. The van der Waals surface area contributed by atoms with Crippen LogP contribution in [0.1, 0.15) is 0 Å². The van der Waals surface area contributed by atoms with Crippen molar-refractivity contribution in [1.82, 2.24) is 0 Å². The van der Waals surface area contributed by atoms with Crippen molar-refractivity contribution in [1.29, 1.82) is 0 Å². The second-order valence-electron chi connectivity index (χ2n) is 2.50. The Morgan fingerprint density at radius 2 is 2.21 bits per heavy atom. The van der Waals surface area contributed by atoms with E-state index >= 15 is 0 Å². The highest BCUT2D eigenvalue weighted by Gasteiger charge is 1.83. The summed E-state index contributed by atoms with van der Waals surface area (Å²) in [6.45, 7) is 4.36. The van der Waals surface area contributed by atoms with E-state index in [1.165, 1.54) is 0 Å². The third kappa shape index (κ3) is 4.29. The van der Waals surface area contributed by atoms with Gasteiger partial charge in [-0.3, -0.25) is 5.43 Å². The molecule has 0 saturated heterocycles. The lowest BCUT2D eigenvalue weighted by Gasteiger charge is -1.97. The van der Waals surface area contributed by atoms with Crippen LogP contribution in [0.5, 0.6) is 0 Å². The minimum Gasteiger partial charge on any atom is -0.358 e. The number of ether oxygens (including phenoxy) is 1. The number of hydrogen-bond acceptors (Lipinski definition) is 1. The highest BCUT2D eigenvalue weighted by atomic mass is 16.5. The average molecular weight is 188 g/mol. The van der Waals surface area contributed by atoms with Gasteiger partial charge in [-0.1, -0.05) is 47.0 Å². The minimum absolute atomic E-state index is 0.336. The van der Waals surface area contributed by atoms with E-state index in [4.69, 9.17) is 4.74 Å². The quantitative estimate of drug-likeness (QED) is 0.405. The van der Waals surface area contributed by atoms with Crippen molar-refractivity contribution < 1.29 is 4.74 Å². The summed E-state index contributed by atoms with van der Waals surface area (Å²) in [5, 5.41) is 0. The fourth-order valence-corrected chi connectivity index (χ4v) is 0.805. The fraction of sp³-hybridized carbons (Fsp3) is 0.182. The second-order valence-corrected chi connectivity index (χ2v) is 2.50. The smallest absolute Gasteiger partial charge is 0.300 e. The average Bonchev–Trinajstić information content (AvgIpc) is 2.25. The normalized spacial score (nSPS) is 8.57. The summed E-state index contributed by atoms with van der Waals surface area (Å²) < 4.78 is 5.04. The Kier molecular flexibility index (Phi) is 4.92. The van der Waals surface area contributed by atoms with Gasteiger partial charge in [0.15, 0.2) is 6.61 Å². The predicted molar refractivity (Wildman–Crippen MR) is 57.7 cm³/mol. The Balaban J connectivity index is 2.23. The predicted octanol–water partition coefficient (Wildman–Crippen LogP) is 3.14. The summed E-state index contributed by atoms with van der Waals surface area (Å²) >= 11 is 0. The molecule has 14 heavy (non-hydrogen) atoms. The van der Waals surface area contributed by atoms with Gasteiger partial charge in [-0.2, -0.15) is 0 Å². The highest BCUT2D eigenvalue weighted by Crippen LogP contribution is 2.16. The first kappa shape index (κ1) is 10.3. The molecule has 0 aliphatic rings. The van der Waals surface area contributed by atoms with Crippen molar-refractivity contribution >= 4 is 5.69 Å². The van der Waals surface area contributed by atoms with E-state index in [2.05, 4.69) is 23.0 Å². The lowest BCUT2D eigenvalue weighted by atomic mass is 10.3. The van der Waals surface area contributed by atoms with Gasteiger partial charge in [0.2, 0.25) is 0 Å². The maximum atomic E-state index is 5.04. The largest absolute Gasteiger partial charge is 0.358 e. The van der Waals surface area contributed by atoms with E-state index in [-0.39, 0.29) is 0 Å². The van der Waals surface area contributed by atoms with Gasteiger partial charge in [0.25, 0.3) is 6.07 Å². The first-order valence-corrected chi connectivity index (χ1v) is 4.31. The lowest BCUT2D eigenvalue weighted by molar-refractivity contribution is 0.199. The Morgan fingerprint density at radius 3 is 2.93 bits per heavy atom. The van der Waals surface area contributed by atoms with Crippen LogP contribution in [0, 0.1) is 6.07 Å². The first-order valence-electron chi connectivity index (χ1n) is 4.31. The van der Waals surface area contributed by atoms with E-state index in [1.54, 1.807) is 6.08 Å². The minimum atomic E-state index is 0.336. The molecule has 0 unspecified atom stereocenters. The number of hydrogen-bond donors (Lipinski definition) is 0. The van der Waals surface area contributed by atoms with Crippen LogP contribution in [0.2, 0.25) is 0 Å². The van der Waals surface area contributed by atoms with Crippen molar-refractivity contribution in [2.24, 2.45) is 0 Å². The summed E-state index contributed by atoms with van der Waals surface area (Å²) in [4.78, 5) is 3.73. The molecule has 0 aliphatic heterocycles. The van der Waals surface area contributed by atoms with Crippen LogP contribution >= 0.6 is 0 Å². The van der Waals surface area contributed by atoms with Gasteiger partial charge in [0.1, 0.15) is 0 Å². The van der Waals surface area contributed by atoms with E-state index in [0.717, 1.165) is 5.69 Å². The Labute approximate surface area is 83.8 Å². The molecule has 1 aromatic carbocycles. The van der Waals surface area contributed by atoms with Crippen molar-refractivity contribution in [3.05, 3.63) is 53.4 Å². The Bertz CT molecular complexity index is 324. The van der Waals surface area contributed by atoms with Gasteiger partial charge < -0.3 is 4.74 Å². The van der Waals surface area contributed by atoms with Crippen molar-refractivity contribution in [3.8, 4) is 6.07 Å². The molecule has 3 heteroatoms. The van der Waals surface area contributed by atoms with Gasteiger partial charge in [0, 0.05) is 0 Å². The Morgan fingerprint density at radius 1 is 1.43 bits per heavy atom. The molecule has 0 bridgehead atoms. The molecule has 0 aliphatic carbocycles. The molecule has 0 aromatic heterocycles. The van der Waals surface area contributed by atoms with Crippen molar-refractivity contribution in [2.45, 2.75) is 0 Å². The summed E-state index contributed by atoms with van der Waals surface area (Å²) in [6.07, 6.45) is 1.68. The molecule has 0 spiro atoms. The SMILES string of the molecule is C=CCOCC#[N+][N-]c1ccccc1. The molecule has 3 nitrogen and oxygen atoms in total. The van der Waals surface area contributed by atoms with Gasteiger partial charge >= 0.3 is 0 Å². The number of benzene rings is 1. The molecule has 1 rings (SSSR count). The van der Waals surface area contributed by atoms with Crippen molar-refractivity contribution in [2.75, 3.05) is 13.2 Å². The van der Waals surface area contributed by atoms with Crippen LogP contribution in [0.25, 0.3) is 10.4 Å². The molecule has 72 valence electrons. The summed E-state index contributed by atoms with van der Waals surface area (Å²) in [7, 11) is 0. The molecule has 0 N–H and O–H groups in total. The molecular weight excluding hydrogens is 176 g/mol. The van der Waals surface area contributed by atoms with Gasteiger partial charge in [-0.15, -0.1) is 6.58 Å². The summed E-state index contributed by atoms with van der Waals surface area (Å²) in [5.74, 6) is 0. The summed E-state index contributed by atoms with van der Waals surface area (Å²) in [5.41, 5.74) is 4.72. The van der Waals surface area contributed by atoms with E-state index in [0.29, 0.717) is 13.2 Å². The number of rotatable bonds is 4. The zero-order valence-electron chi connectivity index (χ0n) is 7.89. The van der Waals surface area contributed by atoms with Crippen LogP contribution in [-0.4, -0.2) is 13.2 Å². The van der Waals surface area contributed by atoms with E-state index in [9.17, 15) is 0 Å². The molecule has 0 radical (unpaired) electrons. The van der Waals surface area contributed by atoms with Crippen molar-refractivity contribution in [3.63, 3.8) is 0 Å². The molecule has 0 saturated carbocycles. The van der Waals surface area contributed by atoms with Gasteiger partial charge in [0.05, 0.1) is 6.61 Å². The van der Waals surface area contributed by atoms with Crippen LogP contribution in [0.4, 0.5) is 5.69 Å². The lowest BCUT2D eigenvalue weighted by Crippen LogP contribution is -1.88. The summed E-state index contributed by atoms with van der Waals surface area (Å²) in [6, 6.07) is 12.1. The first-order chi connectivity index (χ1) is 6.93. The van der Waals surface area contributed by atoms with Gasteiger partial charge in [-0.25, -0.2) is 0 Å². The molecule has 0 heterocycles. The zero-order valence-corrected chi connectivity index (χ0v) is 7.89. The topological polar surface area (TPSA) is 27.7 Å². The highest BCUT2D eigenvalue weighted by molar-refractivity contribution is 5.49. The number of nitrogens with zero attached hydrogens (tertiary/aromatic N) is 2. The zero-order chi connectivity index (χ0) is 10.1. The maximum Gasteiger partial charge on any atom is 0.300 e. The molecule has 1 aromatic rings. The van der Waals surface area contributed by atoms with Gasteiger partial charge in [-0.05, 0) is 0 Å². The third-order valence-corrected chi connectivity index (χ3v) is 1.39. The molecular formula is C11H12N2O. The molecule has 0 amide bonds. The van der Waals surface area contributed by atoms with Crippen LogP contribution in [-0.2, 0) is 4.74 Å². The van der Waals surface area contributed by atoms with E-state index < -0.39 is 0 Å². The molecule has 0 atom stereocenters. The van der Waals surface area contributed by atoms with Crippen LogP contribution < -0.4 is 0 Å².